The maximum Gasteiger partial charge on any atom is 0.238 e. The lowest BCUT2D eigenvalue weighted by atomic mass is 10.0. The second kappa shape index (κ2) is 15.1. The van der Waals surface area contributed by atoms with Gasteiger partial charge in [-0.15, -0.1) is 11.3 Å². The topological polar surface area (TPSA) is 61.4 Å². The quantitative estimate of drug-likeness (QED) is 0.160. The molecule has 0 spiro atoms. The van der Waals surface area contributed by atoms with Crippen LogP contribution in [0.2, 0.25) is 0 Å². The van der Waals surface area contributed by atoms with E-state index in [-0.39, 0.29) is 0 Å². The van der Waals surface area contributed by atoms with E-state index in [9.17, 15) is 0 Å². The highest BCUT2D eigenvalue weighted by Crippen LogP contribution is 2.42. The Morgan fingerprint density at radius 3 is 1.32 bits per heavy atom. The molecule has 0 saturated heterocycles. The summed E-state index contributed by atoms with van der Waals surface area (Å²) in [6.07, 6.45) is 0. The fraction of sp³-hybridized carbons (Fsp3) is 0. The van der Waals surface area contributed by atoms with Gasteiger partial charge in [0.25, 0.3) is 0 Å². The highest BCUT2D eigenvalue weighted by Gasteiger charge is 2.24. The Morgan fingerprint density at radius 2 is 0.754 bits per heavy atom. The van der Waals surface area contributed by atoms with Gasteiger partial charge in [0.15, 0.2) is 11.6 Å². The summed E-state index contributed by atoms with van der Waals surface area (Å²) in [5.74, 6) is 1.74. The molecule has 6 nitrogen and oxygen atoms in total. The van der Waals surface area contributed by atoms with Crippen LogP contribution in [0.4, 0.5) is 0 Å². The van der Waals surface area contributed by atoms with Gasteiger partial charge in [0.1, 0.15) is 5.01 Å². The van der Waals surface area contributed by atoms with Crippen LogP contribution in [0.3, 0.4) is 0 Å². The molecule has 0 amide bonds. The molecule has 0 radical (unpaired) electrons. The third-order valence-electron chi connectivity index (χ3n) is 12.5. The van der Waals surface area contributed by atoms with Gasteiger partial charge in [-0.25, -0.2) is 9.97 Å². The van der Waals surface area contributed by atoms with Gasteiger partial charge in [0.2, 0.25) is 5.95 Å². The van der Waals surface area contributed by atoms with Crippen molar-refractivity contribution in [1.29, 1.82) is 0 Å². The number of hydrogen-bond donors (Lipinski definition) is 0. The first-order chi connectivity index (χ1) is 32.2. The van der Waals surface area contributed by atoms with Crippen LogP contribution < -0.4 is 0 Å². The van der Waals surface area contributed by atoms with E-state index in [0.717, 1.165) is 93.4 Å². The molecule has 9 aromatic carbocycles. The van der Waals surface area contributed by atoms with Crippen molar-refractivity contribution in [3.05, 3.63) is 218 Å². The van der Waals surface area contributed by atoms with Crippen LogP contribution >= 0.6 is 11.3 Å². The molecule has 0 fully saturated rings. The van der Waals surface area contributed by atoms with Gasteiger partial charge in [-0.1, -0.05) is 170 Å². The molecule has 0 atom stereocenters. The number of rotatable bonds is 7. The van der Waals surface area contributed by atoms with Crippen LogP contribution in [-0.4, -0.2) is 29.1 Å². The number of hydrogen-bond acceptors (Lipinski definition) is 5. The molecule has 13 rings (SSSR count). The Morgan fingerprint density at radius 1 is 0.308 bits per heavy atom. The molecule has 0 unspecified atom stereocenters. The van der Waals surface area contributed by atoms with Crippen molar-refractivity contribution in [2.45, 2.75) is 0 Å². The lowest BCUT2D eigenvalue weighted by Crippen LogP contribution is -2.07. The molecule has 0 aliphatic rings. The zero-order chi connectivity index (χ0) is 42.8. The van der Waals surface area contributed by atoms with Crippen molar-refractivity contribution in [1.82, 2.24) is 29.1 Å². The van der Waals surface area contributed by atoms with Crippen LogP contribution in [0.15, 0.2) is 218 Å². The molecule has 13 aromatic rings. The summed E-state index contributed by atoms with van der Waals surface area (Å²) in [6.45, 7) is 0. The minimum absolute atomic E-state index is 0.547. The Hall–Kier alpha value is -8.52. The number of aromatic nitrogens is 6. The van der Waals surface area contributed by atoms with Crippen LogP contribution in [0.25, 0.3) is 121 Å². The first kappa shape index (κ1) is 37.1. The van der Waals surface area contributed by atoms with E-state index in [4.69, 9.17) is 19.9 Å². The minimum Gasteiger partial charge on any atom is -0.307 e. The number of fused-ring (bicyclic) bond motifs is 8. The van der Waals surface area contributed by atoms with Crippen LogP contribution in [-0.2, 0) is 0 Å². The Labute approximate surface area is 378 Å². The van der Waals surface area contributed by atoms with Gasteiger partial charge in [0, 0.05) is 43.9 Å². The second-order valence-electron chi connectivity index (χ2n) is 16.3. The van der Waals surface area contributed by atoms with Gasteiger partial charge in [-0.2, -0.15) is 9.97 Å². The monoisotopic (exact) mass is 848 g/mol. The van der Waals surface area contributed by atoms with Gasteiger partial charge >= 0.3 is 0 Å². The molecular weight excluding hydrogens is 813 g/mol. The van der Waals surface area contributed by atoms with E-state index in [2.05, 4.69) is 209 Å². The van der Waals surface area contributed by atoms with E-state index in [1.165, 1.54) is 10.1 Å². The Balaban J connectivity index is 1.05. The third kappa shape index (κ3) is 6.24. The van der Waals surface area contributed by atoms with Gasteiger partial charge in [-0.3, -0.25) is 4.57 Å². The smallest absolute Gasteiger partial charge is 0.238 e. The standard InChI is InChI=1S/C58H36N6S/c1-3-13-37(14-4-1)39-23-27-41(28-24-39)55-60-56(42-29-25-40(26-30-42)38-15-5-2-6-16-38)62-58(61-55)64-51-21-11-8-18-46(51)48-36-35-47-45-17-7-10-20-50(45)63(53(47)54(48)64)44-33-31-43(32-34-44)57-59-49-19-9-12-22-52(49)65-57/h1-36H. The third-order valence-corrected chi connectivity index (χ3v) is 13.5. The summed E-state index contributed by atoms with van der Waals surface area (Å²) in [5.41, 5.74) is 13.8. The predicted molar refractivity (Wildman–Crippen MR) is 269 cm³/mol. The summed E-state index contributed by atoms with van der Waals surface area (Å²) in [7, 11) is 0. The van der Waals surface area contributed by atoms with Gasteiger partial charge in [0.05, 0.1) is 32.3 Å². The van der Waals surface area contributed by atoms with E-state index in [1.807, 2.05) is 18.2 Å². The predicted octanol–water partition coefficient (Wildman–Crippen LogP) is 15.0. The van der Waals surface area contributed by atoms with Crippen molar-refractivity contribution in [3.8, 4) is 67.2 Å². The maximum absolute atomic E-state index is 5.39. The van der Waals surface area contributed by atoms with Crippen molar-refractivity contribution in [2.75, 3.05) is 0 Å². The fourth-order valence-corrected chi connectivity index (χ4v) is 10.3. The highest BCUT2D eigenvalue weighted by molar-refractivity contribution is 7.21. The van der Waals surface area contributed by atoms with Crippen LogP contribution in [0.1, 0.15) is 0 Å². The summed E-state index contributed by atoms with van der Waals surface area (Å²) in [4.78, 5) is 21.0. The average Bonchev–Trinajstić information content (AvgIpc) is 4.08. The first-order valence-electron chi connectivity index (χ1n) is 21.7. The van der Waals surface area contributed by atoms with E-state index in [1.54, 1.807) is 11.3 Å². The molecule has 0 bridgehead atoms. The normalized spacial score (nSPS) is 11.7. The highest BCUT2D eigenvalue weighted by atomic mass is 32.1. The summed E-state index contributed by atoms with van der Waals surface area (Å²) in [5, 5.41) is 5.57. The summed E-state index contributed by atoms with van der Waals surface area (Å²) < 4.78 is 5.84. The molecule has 304 valence electrons. The second-order valence-corrected chi connectivity index (χ2v) is 17.3. The number of thiazole rings is 1. The minimum atomic E-state index is 0.547. The van der Waals surface area contributed by atoms with Crippen LogP contribution in [0, 0.1) is 0 Å². The molecule has 0 aliphatic carbocycles. The van der Waals surface area contributed by atoms with Crippen LogP contribution in [0.5, 0.6) is 0 Å². The van der Waals surface area contributed by atoms with E-state index >= 15 is 0 Å². The van der Waals surface area contributed by atoms with Crippen molar-refractivity contribution < 1.29 is 0 Å². The summed E-state index contributed by atoms with van der Waals surface area (Å²) >= 11 is 1.72. The molecule has 7 heteroatoms. The lowest BCUT2D eigenvalue weighted by molar-refractivity contribution is 0.953. The maximum atomic E-state index is 5.39. The lowest BCUT2D eigenvalue weighted by Gasteiger charge is -2.14. The van der Waals surface area contributed by atoms with Crippen molar-refractivity contribution in [2.24, 2.45) is 0 Å². The van der Waals surface area contributed by atoms with Gasteiger partial charge < -0.3 is 4.57 Å². The summed E-state index contributed by atoms with van der Waals surface area (Å²) in [6, 6.07) is 76.9. The largest absolute Gasteiger partial charge is 0.307 e. The number of nitrogens with zero attached hydrogens (tertiary/aromatic N) is 6. The average molecular weight is 849 g/mol. The van der Waals surface area contributed by atoms with Crippen molar-refractivity contribution in [3.63, 3.8) is 0 Å². The van der Waals surface area contributed by atoms with Gasteiger partial charge in [-0.05, 0) is 70.8 Å². The molecule has 4 aromatic heterocycles. The zero-order valence-corrected chi connectivity index (χ0v) is 35.7. The Bertz CT molecular complexity index is 3770. The number of benzene rings is 9. The first-order valence-corrected chi connectivity index (χ1v) is 22.5. The molecule has 4 heterocycles. The molecule has 65 heavy (non-hydrogen) atoms. The Kier molecular flexibility index (Phi) is 8.60. The molecule has 0 saturated carbocycles. The fourth-order valence-electron chi connectivity index (χ4n) is 9.33. The van der Waals surface area contributed by atoms with E-state index < -0.39 is 0 Å². The SMILES string of the molecule is c1ccc(-c2ccc(-c3nc(-c4ccc(-c5ccccc5)cc4)nc(-n4c5ccccc5c5ccc6c7ccccc7n(-c7ccc(-c8nc9ccccc9s8)cc7)c6c54)n3)cc2)cc1. The molecule has 0 aliphatic heterocycles. The number of para-hydroxylation sites is 3. The molecule has 0 N–H and O–H groups in total. The van der Waals surface area contributed by atoms with Crippen molar-refractivity contribution >= 4 is 65.2 Å². The zero-order valence-electron chi connectivity index (χ0n) is 34.9. The van der Waals surface area contributed by atoms with E-state index in [0.29, 0.717) is 17.6 Å². The molecular formula is C58H36N6S.